The number of ether oxygens (including phenoxy) is 1. The summed E-state index contributed by atoms with van der Waals surface area (Å²) < 4.78 is 6.00. The number of rotatable bonds is 6. The first kappa shape index (κ1) is 15.0. The highest BCUT2D eigenvalue weighted by Gasteiger charge is 2.19. The highest BCUT2D eigenvalue weighted by Crippen LogP contribution is 2.27. The van der Waals surface area contributed by atoms with Gasteiger partial charge in [0, 0.05) is 0 Å². The van der Waals surface area contributed by atoms with Crippen LogP contribution in [-0.2, 0) is 22.6 Å². The first-order chi connectivity index (χ1) is 9.81. The van der Waals surface area contributed by atoms with Gasteiger partial charge < -0.3 is 4.74 Å². The largest absolute Gasteiger partial charge is 0.374 e. The molecule has 1 aromatic carbocycles. The number of benzene rings is 1. The molecule has 1 saturated carbocycles. The third-order valence-electron chi connectivity index (χ3n) is 4.10. The van der Waals surface area contributed by atoms with Gasteiger partial charge in [-0.05, 0) is 55.2 Å². The highest BCUT2D eigenvalue weighted by molar-refractivity contribution is 5.64. The van der Waals surface area contributed by atoms with E-state index in [1.165, 1.54) is 11.1 Å². The van der Waals surface area contributed by atoms with Crippen molar-refractivity contribution in [3.8, 4) is 0 Å². The molecule has 0 atom stereocenters. The van der Waals surface area contributed by atoms with E-state index in [1.54, 1.807) is 6.08 Å². The van der Waals surface area contributed by atoms with E-state index in [0.29, 0.717) is 18.6 Å². The van der Waals surface area contributed by atoms with E-state index in [1.807, 2.05) is 6.08 Å². The van der Waals surface area contributed by atoms with Crippen molar-refractivity contribution in [1.82, 2.24) is 0 Å². The van der Waals surface area contributed by atoms with Crippen LogP contribution in [0.4, 0.5) is 0 Å². The Kier molecular flexibility index (Phi) is 6.00. The highest BCUT2D eigenvalue weighted by atomic mass is 16.5. The fourth-order valence-corrected chi connectivity index (χ4v) is 2.74. The summed E-state index contributed by atoms with van der Waals surface area (Å²) in [5.41, 5.74) is 2.63. The normalized spacial score (nSPS) is 23.1. The molecule has 0 heterocycles. The number of aldehydes is 1. The van der Waals surface area contributed by atoms with Crippen LogP contribution in [0.2, 0.25) is 0 Å². The molecule has 1 aliphatic rings. The molecule has 0 unspecified atom stereocenters. The average Bonchev–Trinajstić information content (AvgIpc) is 2.52. The van der Waals surface area contributed by atoms with Gasteiger partial charge in [-0.25, -0.2) is 0 Å². The minimum atomic E-state index is 0.377. The maximum atomic E-state index is 10.3. The molecule has 0 amide bonds. The van der Waals surface area contributed by atoms with Crippen molar-refractivity contribution >= 4 is 6.29 Å². The number of carbonyl (C=O) groups excluding carboxylic acids is 1. The lowest BCUT2D eigenvalue weighted by atomic mass is 9.87. The van der Waals surface area contributed by atoms with Crippen LogP contribution in [0, 0.1) is 5.92 Å². The summed E-state index contributed by atoms with van der Waals surface area (Å²) in [5.74, 6) is 0.559. The van der Waals surface area contributed by atoms with Crippen LogP contribution in [0.15, 0.2) is 36.4 Å². The van der Waals surface area contributed by atoms with E-state index in [4.69, 9.17) is 4.74 Å². The van der Waals surface area contributed by atoms with E-state index < -0.39 is 0 Å². The molecule has 1 aromatic rings. The Morgan fingerprint density at radius 3 is 2.35 bits per heavy atom. The van der Waals surface area contributed by atoms with Gasteiger partial charge in [-0.1, -0.05) is 37.3 Å². The van der Waals surface area contributed by atoms with E-state index in [9.17, 15) is 4.79 Å². The molecule has 0 N–H and O–H groups in total. The molecular weight excluding hydrogens is 248 g/mol. The lowest BCUT2D eigenvalue weighted by molar-refractivity contribution is -0.104. The zero-order valence-electron chi connectivity index (χ0n) is 12.3. The lowest BCUT2D eigenvalue weighted by Crippen LogP contribution is -2.20. The van der Waals surface area contributed by atoms with E-state index >= 15 is 0 Å². The van der Waals surface area contributed by atoms with Gasteiger partial charge in [0.2, 0.25) is 0 Å². The third kappa shape index (κ3) is 4.61. The van der Waals surface area contributed by atoms with E-state index in [-0.39, 0.29) is 0 Å². The van der Waals surface area contributed by atoms with Crippen LogP contribution in [0.25, 0.3) is 0 Å². The standard InChI is InChI=1S/C18H24O2/c1-2-15-5-7-17(8-6-15)14-20-18-11-9-16(10-12-18)4-3-13-19/h3-8,13,16,18H,2,9-12,14H2,1H3/b4-3+/t16-,18-. The minimum Gasteiger partial charge on any atom is -0.374 e. The van der Waals surface area contributed by atoms with Crippen LogP contribution < -0.4 is 0 Å². The summed E-state index contributed by atoms with van der Waals surface area (Å²) in [5, 5.41) is 0. The molecule has 0 radical (unpaired) electrons. The maximum Gasteiger partial charge on any atom is 0.142 e. The van der Waals surface area contributed by atoms with Gasteiger partial charge in [-0.3, -0.25) is 4.79 Å². The summed E-state index contributed by atoms with van der Waals surface area (Å²) in [6.07, 6.45) is 10.4. The number of allylic oxidation sites excluding steroid dienone is 2. The monoisotopic (exact) mass is 272 g/mol. The molecular formula is C18H24O2. The van der Waals surface area contributed by atoms with Crippen molar-refractivity contribution in [2.75, 3.05) is 0 Å². The van der Waals surface area contributed by atoms with Crippen molar-refractivity contribution in [3.05, 3.63) is 47.5 Å². The van der Waals surface area contributed by atoms with Gasteiger partial charge in [0.15, 0.2) is 0 Å². The van der Waals surface area contributed by atoms with Gasteiger partial charge in [0.25, 0.3) is 0 Å². The zero-order valence-corrected chi connectivity index (χ0v) is 12.3. The number of aryl methyl sites for hydroxylation is 1. The summed E-state index contributed by atoms with van der Waals surface area (Å²) in [7, 11) is 0. The molecule has 20 heavy (non-hydrogen) atoms. The predicted octanol–water partition coefficient (Wildman–Crippen LogP) is 4.08. The van der Waals surface area contributed by atoms with Gasteiger partial charge >= 0.3 is 0 Å². The van der Waals surface area contributed by atoms with Gasteiger partial charge in [-0.15, -0.1) is 0 Å². The van der Waals surface area contributed by atoms with Crippen LogP contribution in [-0.4, -0.2) is 12.4 Å². The van der Waals surface area contributed by atoms with E-state index in [0.717, 1.165) is 38.4 Å². The van der Waals surface area contributed by atoms with Gasteiger partial charge in [-0.2, -0.15) is 0 Å². The number of hydrogen-bond donors (Lipinski definition) is 0. The van der Waals surface area contributed by atoms with Crippen LogP contribution >= 0.6 is 0 Å². The molecule has 0 bridgehead atoms. The fraction of sp³-hybridized carbons (Fsp3) is 0.500. The van der Waals surface area contributed by atoms with E-state index in [2.05, 4.69) is 31.2 Å². The number of carbonyl (C=O) groups is 1. The maximum absolute atomic E-state index is 10.3. The Hall–Kier alpha value is -1.41. The summed E-state index contributed by atoms with van der Waals surface area (Å²) in [6.45, 7) is 2.88. The van der Waals surface area contributed by atoms with Crippen LogP contribution in [0.5, 0.6) is 0 Å². The van der Waals surface area contributed by atoms with Gasteiger partial charge in [0.05, 0.1) is 12.7 Å². The molecule has 0 spiro atoms. The molecule has 0 saturated heterocycles. The van der Waals surface area contributed by atoms with Crippen LogP contribution in [0.1, 0.15) is 43.7 Å². The Morgan fingerprint density at radius 2 is 1.75 bits per heavy atom. The quantitative estimate of drug-likeness (QED) is 0.576. The Labute approximate surface area is 121 Å². The van der Waals surface area contributed by atoms with Crippen molar-refractivity contribution in [3.63, 3.8) is 0 Å². The smallest absolute Gasteiger partial charge is 0.142 e. The first-order valence-corrected chi connectivity index (χ1v) is 7.63. The topological polar surface area (TPSA) is 26.3 Å². The molecule has 1 aliphatic carbocycles. The second-order valence-corrected chi connectivity index (χ2v) is 5.54. The summed E-state index contributed by atoms with van der Waals surface area (Å²) >= 11 is 0. The second-order valence-electron chi connectivity index (χ2n) is 5.54. The zero-order chi connectivity index (χ0) is 14.2. The minimum absolute atomic E-state index is 0.377. The fourth-order valence-electron chi connectivity index (χ4n) is 2.74. The lowest BCUT2D eigenvalue weighted by Gasteiger charge is -2.26. The molecule has 2 heteroatoms. The Bertz CT molecular complexity index is 425. The van der Waals surface area contributed by atoms with Crippen molar-refractivity contribution in [1.29, 1.82) is 0 Å². The first-order valence-electron chi connectivity index (χ1n) is 7.63. The average molecular weight is 272 g/mol. The molecule has 0 aliphatic heterocycles. The molecule has 2 rings (SSSR count). The van der Waals surface area contributed by atoms with Crippen molar-refractivity contribution in [2.45, 2.75) is 51.7 Å². The SMILES string of the molecule is CCc1ccc(CO[C@H]2CC[C@H](/C=C/C=O)CC2)cc1. The Balaban J connectivity index is 1.72. The summed E-state index contributed by atoms with van der Waals surface area (Å²) in [6, 6.07) is 8.69. The second kappa shape index (κ2) is 8.01. The van der Waals surface area contributed by atoms with Crippen LogP contribution in [0.3, 0.4) is 0 Å². The van der Waals surface area contributed by atoms with Gasteiger partial charge in [0.1, 0.15) is 6.29 Å². The molecule has 1 fully saturated rings. The molecule has 0 aromatic heterocycles. The molecule has 2 nitrogen and oxygen atoms in total. The molecule has 108 valence electrons. The van der Waals surface area contributed by atoms with Crippen molar-refractivity contribution in [2.24, 2.45) is 5.92 Å². The third-order valence-corrected chi connectivity index (χ3v) is 4.10. The Morgan fingerprint density at radius 1 is 1.10 bits per heavy atom. The summed E-state index contributed by atoms with van der Waals surface area (Å²) in [4.78, 5) is 10.3. The van der Waals surface area contributed by atoms with Crippen molar-refractivity contribution < 1.29 is 9.53 Å². The number of hydrogen-bond acceptors (Lipinski definition) is 2. The predicted molar refractivity (Wildman–Crippen MR) is 81.6 cm³/mol.